The Morgan fingerprint density at radius 2 is 2.35 bits per heavy atom. The van der Waals surface area contributed by atoms with Crippen molar-refractivity contribution in [3.63, 3.8) is 0 Å². The van der Waals surface area contributed by atoms with Gasteiger partial charge in [-0.3, -0.25) is 4.79 Å². The van der Waals surface area contributed by atoms with E-state index >= 15 is 0 Å². The molecule has 1 aliphatic rings. The topological polar surface area (TPSA) is 64.3 Å². The number of halogens is 1. The summed E-state index contributed by atoms with van der Waals surface area (Å²) < 4.78 is 0. The predicted molar refractivity (Wildman–Crippen MR) is 78.0 cm³/mol. The van der Waals surface area contributed by atoms with Crippen LogP contribution in [-0.2, 0) is 4.79 Å². The SMILES string of the molecule is CCCC1(C(=O)O)CCN(c2cc(Cl)ccc2C#N)C1. The van der Waals surface area contributed by atoms with Crippen molar-refractivity contribution in [2.75, 3.05) is 18.0 Å². The van der Waals surface area contributed by atoms with Gasteiger partial charge in [-0.2, -0.15) is 5.26 Å². The molecule has 20 heavy (non-hydrogen) atoms. The van der Waals surface area contributed by atoms with Gasteiger partial charge in [0.2, 0.25) is 0 Å². The van der Waals surface area contributed by atoms with E-state index in [4.69, 9.17) is 11.6 Å². The average Bonchev–Trinajstić information content (AvgIpc) is 2.85. The van der Waals surface area contributed by atoms with Crippen LogP contribution in [-0.4, -0.2) is 24.2 Å². The molecule has 1 aliphatic heterocycles. The Labute approximate surface area is 123 Å². The van der Waals surface area contributed by atoms with E-state index in [9.17, 15) is 15.2 Å². The van der Waals surface area contributed by atoms with Crippen molar-refractivity contribution < 1.29 is 9.90 Å². The highest BCUT2D eigenvalue weighted by atomic mass is 35.5. The Morgan fingerprint density at radius 1 is 1.60 bits per heavy atom. The van der Waals surface area contributed by atoms with Crippen LogP contribution in [0.5, 0.6) is 0 Å². The predicted octanol–water partition coefficient (Wildman–Crippen LogP) is 3.29. The number of benzene rings is 1. The summed E-state index contributed by atoms with van der Waals surface area (Å²) in [6, 6.07) is 7.24. The molecular weight excluding hydrogens is 276 g/mol. The van der Waals surface area contributed by atoms with Gasteiger partial charge in [-0.15, -0.1) is 0 Å². The molecule has 0 aromatic heterocycles. The van der Waals surface area contributed by atoms with Gasteiger partial charge < -0.3 is 10.0 Å². The van der Waals surface area contributed by atoms with E-state index < -0.39 is 11.4 Å². The van der Waals surface area contributed by atoms with E-state index in [1.54, 1.807) is 18.2 Å². The van der Waals surface area contributed by atoms with Crippen molar-refractivity contribution in [3.8, 4) is 6.07 Å². The molecule has 0 spiro atoms. The maximum absolute atomic E-state index is 11.6. The zero-order valence-corrected chi connectivity index (χ0v) is 12.2. The summed E-state index contributed by atoms with van der Waals surface area (Å²) in [7, 11) is 0. The molecule has 1 N–H and O–H groups in total. The number of anilines is 1. The second-order valence-electron chi connectivity index (χ2n) is 5.28. The van der Waals surface area contributed by atoms with Crippen molar-refractivity contribution in [2.45, 2.75) is 26.2 Å². The molecule has 4 nitrogen and oxygen atoms in total. The second-order valence-corrected chi connectivity index (χ2v) is 5.72. The summed E-state index contributed by atoms with van der Waals surface area (Å²) in [5, 5.41) is 19.3. The zero-order valence-electron chi connectivity index (χ0n) is 11.4. The van der Waals surface area contributed by atoms with Gasteiger partial charge in [-0.05, 0) is 31.0 Å². The molecule has 5 heteroatoms. The molecule has 2 rings (SSSR count). The highest BCUT2D eigenvalue weighted by molar-refractivity contribution is 6.30. The van der Waals surface area contributed by atoms with Crippen molar-refractivity contribution in [1.29, 1.82) is 5.26 Å². The number of carbonyl (C=O) groups is 1. The molecule has 1 fully saturated rings. The van der Waals surface area contributed by atoms with Crippen LogP contribution >= 0.6 is 11.6 Å². The number of hydrogen-bond acceptors (Lipinski definition) is 3. The van der Waals surface area contributed by atoms with Crippen LogP contribution in [0.1, 0.15) is 31.7 Å². The van der Waals surface area contributed by atoms with Gasteiger partial charge in [0.25, 0.3) is 0 Å². The Morgan fingerprint density at radius 3 is 2.95 bits per heavy atom. The molecule has 0 aliphatic carbocycles. The number of aliphatic carboxylic acids is 1. The normalized spacial score (nSPS) is 21.8. The largest absolute Gasteiger partial charge is 0.481 e. The average molecular weight is 293 g/mol. The van der Waals surface area contributed by atoms with E-state index in [2.05, 4.69) is 6.07 Å². The molecule has 0 radical (unpaired) electrons. The van der Waals surface area contributed by atoms with Crippen molar-refractivity contribution in [2.24, 2.45) is 5.41 Å². The summed E-state index contributed by atoms with van der Waals surface area (Å²) in [6.45, 7) is 3.07. The van der Waals surface area contributed by atoms with Gasteiger partial charge in [0.1, 0.15) is 6.07 Å². The Balaban J connectivity index is 2.31. The quantitative estimate of drug-likeness (QED) is 0.925. The van der Waals surface area contributed by atoms with Crippen LogP contribution < -0.4 is 4.90 Å². The Hall–Kier alpha value is -1.73. The molecule has 0 amide bonds. The van der Waals surface area contributed by atoms with E-state index in [1.165, 1.54) is 0 Å². The molecule has 0 saturated carbocycles. The summed E-state index contributed by atoms with van der Waals surface area (Å²) in [6.07, 6.45) is 2.09. The minimum absolute atomic E-state index is 0.436. The summed E-state index contributed by atoms with van der Waals surface area (Å²) in [5.74, 6) is -0.748. The first-order chi connectivity index (χ1) is 9.52. The van der Waals surface area contributed by atoms with E-state index in [-0.39, 0.29) is 0 Å². The molecule has 0 bridgehead atoms. The Bertz CT molecular complexity index is 567. The van der Waals surface area contributed by atoms with Gasteiger partial charge in [-0.25, -0.2) is 0 Å². The molecule has 1 atom stereocenters. The van der Waals surface area contributed by atoms with Crippen LogP contribution in [0.25, 0.3) is 0 Å². The number of carboxylic acids is 1. The van der Waals surface area contributed by atoms with Crippen LogP contribution in [0.2, 0.25) is 5.02 Å². The van der Waals surface area contributed by atoms with Crippen LogP contribution in [0, 0.1) is 16.7 Å². The van der Waals surface area contributed by atoms with E-state index in [0.717, 1.165) is 12.1 Å². The Kier molecular flexibility index (Phi) is 4.20. The van der Waals surface area contributed by atoms with Crippen LogP contribution in [0.4, 0.5) is 5.69 Å². The first-order valence-electron chi connectivity index (χ1n) is 6.70. The summed E-state index contributed by atoms with van der Waals surface area (Å²) in [4.78, 5) is 13.6. The lowest BCUT2D eigenvalue weighted by molar-refractivity contribution is -0.148. The fourth-order valence-electron chi connectivity index (χ4n) is 2.90. The third kappa shape index (κ3) is 2.59. The fraction of sp³-hybridized carbons (Fsp3) is 0.467. The van der Waals surface area contributed by atoms with Gasteiger partial charge in [0.05, 0.1) is 16.7 Å². The van der Waals surface area contributed by atoms with E-state index in [0.29, 0.717) is 36.5 Å². The number of hydrogen-bond donors (Lipinski definition) is 1. The lowest BCUT2D eigenvalue weighted by Gasteiger charge is -2.25. The van der Waals surface area contributed by atoms with Gasteiger partial charge in [0.15, 0.2) is 0 Å². The summed E-state index contributed by atoms with van der Waals surface area (Å²) >= 11 is 5.99. The maximum atomic E-state index is 11.6. The lowest BCUT2D eigenvalue weighted by Crippen LogP contribution is -2.34. The molecule has 1 aromatic carbocycles. The number of nitriles is 1. The zero-order chi connectivity index (χ0) is 14.8. The molecular formula is C15H17ClN2O2. The first-order valence-corrected chi connectivity index (χ1v) is 7.08. The lowest BCUT2D eigenvalue weighted by atomic mass is 9.83. The minimum atomic E-state index is -0.748. The highest BCUT2D eigenvalue weighted by Gasteiger charge is 2.44. The van der Waals surface area contributed by atoms with Crippen molar-refractivity contribution in [3.05, 3.63) is 28.8 Å². The monoisotopic (exact) mass is 292 g/mol. The van der Waals surface area contributed by atoms with Gasteiger partial charge in [-0.1, -0.05) is 24.9 Å². The van der Waals surface area contributed by atoms with E-state index in [1.807, 2.05) is 11.8 Å². The fourth-order valence-corrected chi connectivity index (χ4v) is 3.07. The maximum Gasteiger partial charge on any atom is 0.311 e. The van der Waals surface area contributed by atoms with Gasteiger partial charge in [0, 0.05) is 18.1 Å². The molecule has 1 heterocycles. The number of nitrogens with zero attached hydrogens (tertiary/aromatic N) is 2. The highest BCUT2D eigenvalue weighted by Crippen LogP contribution is 2.39. The molecule has 1 saturated heterocycles. The van der Waals surface area contributed by atoms with Gasteiger partial charge >= 0.3 is 5.97 Å². The standard InChI is InChI=1S/C15H17ClN2O2/c1-2-5-15(14(19)20)6-7-18(10-15)13-8-12(16)4-3-11(13)9-17/h3-4,8H,2,5-7,10H2,1H3,(H,19,20). The first kappa shape index (κ1) is 14.7. The van der Waals surface area contributed by atoms with Crippen molar-refractivity contribution in [1.82, 2.24) is 0 Å². The minimum Gasteiger partial charge on any atom is -0.481 e. The van der Waals surface area contributed by atoms with Crippen LogP contribution in [0.3, 0.4) is 0 Å². The number of rotatable bonds is 4. The molecule has 1 unspecified atom stereocenters. The van der Waals surface area contributed by atoms with Crippen molar-refractivity contribution >= 4 is 23.3 Å². The molecule has 106 valence electrons. The van der Waals surface area contributed by atoms with Crippen LogP contribution in [0.15, 0.2) is 18.2 Å². The third-order valence-corrected chi connectivity index (χ3v) is 4.19. The third-order valence-electron chi connectivity index (χ3n) is 3.96. The molecule has 1 aromatic rings. The summed E-state index contributed by atoms with van der Waals surface area (Å²) in [5.41, 5.74) is 0.565. The number of carboxylic acid groups (broad SMARTS) is 1. The smallest absolute Gasteiger partial charge is 0.311 e. The second kappa shape index (κ2) is 5.72.